The molecule has 120 valence electrons. The Morgan fingerprint density at radius 1 is 0.909 bits per heavy atom. The predicted molar refractivity (Wildman–Crippen MR) is 94.0 cm³/mol. The first kappa shape index (κ1) is 18.1. The number of rotatable bonds is 4. The lowest BCUT2D eigenvalue weighted by Crippen LogP contribution is -1.94. The molecular formula is C20H28O2. The molecule has 0 bridgehead atoms. The molecular weight excluding hydrogens is 272 g/mol. The minimum Gasteiger partial charge on any atom is -0.507 e. The Balaban J connectivity index is 0.00000116. The summed E-state index contributed by atoms with van der Waals surface area (Å²) in [5.74, 6) is 2.57. The van der Waals surface area contributed by atoms with Gasteiger partial charge in [0.15, 0.2) is 0 Å². The van der Waals surface area contributed by atoms with Crippen molar-refractivity contribution in [2.24, 2.45) is 5.92 Å². The van der Waals surface area contributed by atoms with Gasteiger partial charge in [-0.25, -0.2) is 0 Å². The maximum absolute atomic E-state index is 9.76. The molecule has 0 aliphatic carbocycles. The molecule has 2 aromatic rings. The van der Waals surface area contributed by atoms with E-state index in [1.165, 1.54) is 5.56 Å². The van der Waals surface area contributed by atoms with Gasteiger partial charge in [-0.1, -0.05) is 39.8 Å². The standard InChI is InChI=1S/C18H22O2.C2H6/c1-12(2)9-15-5-7-16(8-6-15)20-17-10-13(3)18(19)14(4)11-17;1-2/h5-8,10-12,19H,9H2,1-4H3;1-2H3. The first-order chi connectivity index (χ1) is 10.5. The molecule has 0 heterocycles. The lowest BCUT2D eigenvalue weighted by atomic mass is 10.0. The zero-order valence-corrected chi connectivity index (χ0v) is 14.6. The van der Waals surface area contributed by atoms with Crippen LogP contribution in [0.15, 0.2) is 36.4 Å². The van der Waals surface area contributed by atoms with Crippen LogP contribution in [0.4, 0.5) is 0 Å². The summed E-state index contributed by atoms with van der Waals surface area (Å²) in [6.45, 7) is 12.2. The van der Waals surface area contributed by atoms with Gasteiger partial charge in [0.05, 0.1) is 0 Å². The summed E-state index contributed by atoms with van der Waals surface area (Å²) in [7, 11) is 0. The second kappa shape index (κ2) is 8.47. The Labute approximate surface area is 134 Å². The predicted octanol–water partition coefficient (Wildman–Crippen LogP) is 6.03. The van der Waals surface area contributed by atoms with Crippen molar-refractivity contribution in [1.29, 1.82) is 0 Å². The van der Waals surface area contributed by atoms with Gasteiger partial charge in [-0.3, -0.25) is 0 Å². The van der Waals surface area contributed by atoms with Crippen LogP contribution in [0.1, 0.15) is 44.4 Å². The third kappa shape index (κ3) is 5.10. The van der Waals surface area contributed by atoms with Crippen molar-refractivity contribution >= 4 is 0 Å². The van der Waals surface area contributed by atoms with E-state index in [1.54, 1.807) is 0 Å². The summed E-state index contributed by atoms with van der Waals surface area (Å²) in [6, 6.07) is 11.9. The van der Waals surface area contributed by atoms with Crippen LogP contribution in [0, 0.1) is 19.8 Å². The Bertz CT molecular complexity index is 560. The summed E-state index contributed by atoms with van der Waals surface area (Å²) in [5.41, 5.74) is 2.98. The molecule has 0 aliphatic heterocycles. The Morgan fingerprint density at radius 2 is 1.41 bits per heavy atom. The van der Waals surface area contributed by atoms with Gasteiger partial charge in [0.25, 0.3) is 0 Å². The molecule has 2 aromatic carbocycles. The fraction of sp³-hybridized carbons (Fsp3) is 0.400. The van der Waals surface area contributed by atoms with Crippen molar-refractivity contribution in [3.05, 3.63) is 53.1 Å². The van der Waals surface area contributed by atoms with Gasteiger partial charge in [-0.15, -0.1) is 0 Å². The van der Waals surface area contributed by atoms with E-state index in [4.69, 9.17) is 4.74 Å². The Kier molecular flexibility index (Phi) is 6.97. The quantitative estimate of drug-likeness (QED) is 0.747. The highest BCUT2D eigenvalue weighted by Crippen LogP contribution is 2.30. The number of aryl methyl sites for hydroxylation is 2. The normalized spacial score (nSPS) is 10.1. The second-order valence-corrected chi connectivity index (χ2v) is 5.75. The summed E-state index contributed by atoms with van der Waals surface area (Å²) in [4.78, 5) is 0. The molecule has 2 heteroatoms. The maximum atomic E-state index is 9.76. The fourth-order valence-electron chi connectivity index (χ4n) is 2.28. The largest absolute Gasteiger partial charge is 0.507 e. The lowest BCUT2D eigenvalue weighted by Gasteiger charge is -2.11. The molecule has 0 saturated carbocycles. The average molecular weight is 300 g/mol. The van der Waals surface area contributed by atoms with Crippen LogP contribution in [0.3, 0.4) is 0 Å². The van der Waals surface area contributed by atoms with Gasteiger partial charge in [-0.2, -0.15) is 0 Å². The third-order valence-electron chi connectivity index (χ3n) is 3.27. The first-order valence-corrected chi connectivity index (χ1v) is 8.02. The molecule has 0 fully saturated rings. The van der Waals surface area contributed by atoms with Gasteiger partial charge < -0.3 is 9.84 Å². The minimum absolute atomic E-state index is 0.338. The van der Waals surface area contributed by atoms with Crippen molar-refractivity contribution < 1.29 is 9.84 Å². The summed E-state index contributed by atoms with van der Waals surface area (Å²) >= 11 is 0. The fourth-order valence-corrected chi connectivity index (χ4v) is 2.28. The van der Waals surface area contributed by atoms with E-state index < -0.39 is 0 Å². The van der Waals surface area contributed by atoms with Crippen LogP contribution < -0.4 is 4.74 Å². The van der Waals surface area contributed by atoms with E-state index in [9.17, 15) is 5.11 Å². The van der Waals surface area contributed by atoms with Crippen LogP contribution in [-0.4, -0.2) is 5.11 Å². The van der Waals surface area contributed by atoms with Crippen molar-refractivity contribution in [1.82, 2.24) is 0 Å². The lowest BCUT2D eigenvalue weighted by molar-refractivity contribution is 0.456. The molecule has 0 spiro atoms. The monoisotopic (exact) mass is 300 g/mol. The number of ether oxygens (including phenoxy) is 1. The van der Waals surface area contributed by atoms with E-state index in [1.807, 2.05) is 52.0 Å². The van der Waals surface area contributed by atoms with E-state index in [0.29, 0.717) is 11.7 Å². The van der Waals surface area contributed by atoms with Crippen LogP contribution >= 0.6 is 0 Å². The van der Waals surface area contributed by atoms with Crippen molar-refractivity contribution in [3.63, 3.8) is 0 Å². The van der Waals surface area contributed by atoms with Crippen molar-refractivity contribution in [2.75, 3.05) is 0 Å². The molecule has 2 nitrogen and oxygen atoms in total. The number of hydrogen-bond acceptors (Lipinski definition) is 2. The molecule has 0 atom stereocenters. The van der Waals surface area contributed by atoms with E-state index in [0.717, 1.165) is 29.0 Å². The van der Waals surface area contributed by atoms with Crippen LogP contribution in [0.5, 0.6) is 17.2 Å². The maximum Gasteiger partial charge on any atom is 0.128 e. The molecule has 0 aromatic heterocycles. The van der Waals surface area contributed by atoms with Gasteiger partial charge in [0.1, 0.15) is 17.2 Å². The smallest absolute Gasteiger partial charge is 0.128 e. The van der Waals surface area contributed by atoms with Crippen LogP contribution in [0.25, 0.3) is 0 Å². The SMILES string of the molecule is CC.Cc1cc(Oc2ccc(CC(C)C)cc2)cc(C)c1O. The molecule has 0 unspecified atom stereocenters. The summed E-state index contributed by atoms with van der Waals surface area (Å²) in [5, 5.41) is 9.76. The van der Waals surface area contributed by atoms with Gasteiger partial charge in [0, 0.05) is 0 Å². The minimum atomic E-state index is 0.338. The van der Waals surface area contributed by atoms with Gasteiger partial charge >= 0.3 is 0 Å². The average Bonchev–Trinajstić information content (AvgIpc) is 2.48. The Hall–Kier alpha value is -1.96. The number of phenolic OH excluding ortho intramolecular Hbond substituents is 1. The molecule has 22 heavy (non-hydrogen) atoms. The summed E-state index contributed by atoms with van der Waals surface area (Å²) < 4.78 is 5.84. The topological polar surface area (TPSA) is 29.5 Å². The van der Waals surface area contributed by atoms with Gasteiger partial charge in [-0.05, 0) is 67.1 Å². The number of aromatic hydroxyl groups is 1. The molecule has 1 N–H and O–H groups in total. The number of phenols is 1. The van der Waals surface area contributed by atoms with Gasteiger partial charge in [0.2, 0.25) is 0 Å². The van der Waals surface area contributed by atoms with E-state index in [2.05, 4.69) is 26.0 Å². The highest BCUT2D eigenvalue weighted by molar-refractivity contribution is 5.46. The molecule has 0 radical (unpaired) electrons. The third-order valence-corrected chi connectivity index (χ3v) is 3.27. The number of hydrogen-bond donors (Lipinski definition) is 1. The van der Waals surface area contributed by atoms with Crippen molar-refractivity contribution in [2.45, 2.75) is 48.0 Å². The first-order valence-electron chi connectivity index (χ1n) is 8.02. The second-order valence-electron chi connectivity index (χ2n) is 5.75. The van der Waals surface area contributed by atoms with Crippen LogP contribution in [-0.2, 0) is 6.42 Å². The molecule has 0 amide bonds. The highest BCUT2D eigenvalue weighted by atomic mass is 16.5. The zero-order chi connectivity index (χ0) is 16.7. The molecule has 0 aliphatic rings. The Morgan fingerprint density at radius 3 is 1.86 bits per heavy atom. The molecule has 0 saturated heterocycles. The van der Waals surface area contributed by atoms with E-state index in [-0.39, 0.29) is 0 Å². The van der Waals surface area contributed by atoms with Crippen LogP contribution in [0.2, 0.25) is 0 Å². The number of benzene rings is 2. The zero-order valence-electron chi connectivity index (χ0n) is 14.6. The van der Waals surface area contributed by atoms with Crippen molar-refractivity contribution in [3.8, 4) is 17.2 Å². The summed E-state index contributed by atoms with van der Waals surface area (Å²) in [6.07, 6.45) is 1.08. The molecule has 2 rings (SSSR count). The highest BCUT2D eigenvalue weighted by Gasteiger charge is 2.05. The van der Waals surface area contributed by atoms with E-state index >= 15 is 0 Å².